The number of carbonyl (C=O) groups excluding carboxylic acids is 2. The lowest BCUT2D eigenvalue weighted by molar-refractivity contribution is -0.128. The fraction of sp³-hybridized carbons (Fsp3) is 0.312. The predicted molar refractivity (Wildman–Crippen MR) is 87.5 cm³/mol. The third kappa shape index (κ3) is 4.39. The van der Waals surface area contributed by atoms with Crippen LogP contribution in [0.1, 0.15) is 19.5 Å². The van der Waals surface area contributed by atoms with Crippen LogP contribution in [0.4, 0.5) is 0 Å². The Morgan fingerprint density at radius 3 is 2.68 bits per heavy atom. The summed E-state index contributed by atoms with van der Waals surface area (Å²) in [5.74, 6) is -0.386. The van der Waals surface area contributed by atoms with E-state index in [-0.39, 0.29) is 18.2 Å². The first-order valence-corrected chi connectivity index (χ1v) is 8.05. The van der Waals surface area contributed by atoms with Crippen LogP contribution in [0.3, 0.4) is 0 Å². The van der Waals surface area contributed by atoms with Crippen molar-refractivity contribution in [1.29, 1.82) is 0 Å². The minimum Gasteiger partial charge on any atom is -0.355 e. The smallest absolute Gasteiger partial charge is 0.242 e. The quantitative estimate of drug-likeness (QED) is 0.856. The highest BCUT2D eigenvalue weighted by Crippen LogP contribution is 2.23. The minimum absolute atomic E-state index is 0.174. The van der Waals surface area contributed by atoms with Gasteiger partial charge in [0.05, 0.1) is 12.1 Å². The third-order valence-corrected chi connectivity index (χ3v) is 3.98. The van der Waals surface area contributed by atoms with Crippen molar-refractivity contribution < 1.29 is 9.59 Å². The number of thiazole rings is 1. The van der Waals surface area contributed by atoms with E-state index >= 15 is 0 Å². The third-order valence-electron chi connectivity index (χ3n) is 3.04. The molecule has 2 rings (SSSR count). The second-order valence-electron chi connectivity index (χ2n) is 4.87. The van der Waals surface area contributed by atoms with Crippen molar-refractivity contribution in [2.75, 3.05) is 6.54 Å². The molecule has 0 aliphatic carbocycles. The number of likely N-dealkylation sites (N-methyl/N-ethyl adjacent to an activating group) is 1. The average Bonchev–Trinajstić information content (AvgIpc) is 2.96. The molecule has 1 unspecified atom stereocenters. The van der Waals surface area contributed by atoms with Crippen molar-refractivity contribution in [3.8, 4) is 10.6 Å². The molecule has 6 heteroatoms. The molecular weight excluding hydrogens is 298 g/mol. The van der Waals surface area contributed by atoms with Crippen LogP contribution in [0, 0.1) is 0 Å². The Balaban J connectivity index is 1.93. The Morgan fingerprint density at radius 1 is 1.27 bits per heavy atom. The summed E-state index contributed by atoms with van der Waals surface area (Å²) in [6.45, 7) is 4.05. The van der Waals surface area contributed by atoms with E-state index in [0.717, 1.165) is 10.6 Å². The van der Waals surface area contributed by atoms with Gasteiger partial charge in [-0.05, 0) is 13.8 Å². The summed E-state index contributed by atoms with van der Waals surface area (Å²) < 4.78 is 0. The molecule has 5 nitrogen and oxygen atoms in total. The summed E-state index contributed by atoms with van der Waals surface area (Å²) in [7, 11) is 0. The summed E-state index contributed by atoms with van der Waals surface area (Å²) in [5, 5.41) is 8.11. The lowest BCUT2D eigenvalue weighted by Crippen LogP contribution is -2.45. The standard InChI is InChI=1S/C16H19N3O2S/c1-3-17-15(21)11(2)18-14(20)9-13-10-22-16(19-13)12-7-5-4-6-8-12/h4-8,10-11H,3,9H2,1-2H3,(H,17,21)(H,18,20). The predicted octanol–water partition coefficient (Wildman–Crippen LogP) is 1.99. The Morgan fingerprint density at radius 2 is 2.00 bits per heavy atom. The van der Waals surface area contributed by atoms with Crippen molar-refractivity contribution >= 4 is 23.2 Å². The van der Waals surface area contributed by atoms with Gasteiger partial charge in [0, 0.05) is 17.5 Å². The van der Waals surface area contributed by atoms with Crippen LogP contribution in [0.2, 0.25) is 0 Å². The maximum Gasteiger partial charge on any atom is 0.242 e. The zero-order chi connectivity index (χ0) is 15.9. The van der Waals surface area contributed by atoms with Crippen molar-refractivity contribution in [3.63, 3.8) is 0 Å². The van der Waals surface area contributed by atoms with Gasteiger partial charge >= 0.3 is 0 Å². The molecule has 1 atom stereocenters. The van der Waals surface area contributed by atoms with Crippen molar-refractivity contribution in [1.82, 2.24) is 15.6 Å². The van der Waals surface area contributed by atoms with Gasteiger partial charge in [-0.15, -0.1) is 11.3 Å². The normalized spacial score (nSPS) is 11.7. The summed E-state index contributed by atoms with van der Waals surface area (Å²) in [5.41, 5.74) is 1.75. The van der Waals surface area contributed by atoms with E-state index in [0.29, 0.717) is 12.2 Å². The van der Waals surface area contributed by atoms with Gasteiger partial charge in [0.15, 0.2) is 0 Å². The zero-order valence-corrected chi connectivity index (χ0v) is 13.4. The molecule has 2 amide bonds. The number of carbonyl (C=O) groups is 2. The second-order valence-corrected chi connectivity index (χ2v) is 5.73. The lowest BCUT2D eigenvalue weighted by Gasteiger charge is -2.12. The Kier molecular flexibility index (Phi) is 5.66. The molecule has 0 bridgehead atoms. The van der Waals surface area contributed by atoms with Crippen LogP contribution in [0.5, 0.6) is 0 Å². The van der Waals surface area contributed by atoms with Crippen molar-refractivity contribution in [3.05, 3.63) is 41.4 Å². The van der Waals surface area contributed by atoms with E-state index in [9.17, 15) is 9.59 Å². The molecule has 1 heterocycles. The molecule has 116 valence electrons. The lowest BCUT2D eigenvalue weighted by atomic mass is 10.2. The fourth-order valence-electron chi connectivity index (χ4n) is 1.95. The summed E-state index contributed by atoms with van der Waals surface area (Å²) >= 11 is 1.51. The molecule has 0 spiro atoms. The number of nitrogens with zero attached hydrogens (tertiary/aromatic N) is 1. The van der Waals surface area contributed by atoms with E-state index in [4.69, 9.17) is 0 Å². The van der Waals surface area contributed by atoms with Gasteiger partial charge in [0.1, 0.15) is 11.0 Å². The average molecular weight is 317 g/mol. The van der Waals surface area contributed by atoms with Gasteiger partial charge < -0.3 is 10.6 Å². The number of nitrogens with one attached hydrogen (secondary N) is 2. The first-order chi connectivity index (χ1) is 10.6. The number of rotatable bonds is 6. The van der Waals surface area contributed by atoms with E-state index < -0.39 is 6.04 Å². The van der Waals surface area contributed by atoms with Crippen LogP contribution < -0.4 is 10.6 Å². The topological polar surface area (TPSA) is 71.1 Å². The molecule has 2 N–H and O–H groups in total. The molecule has 1 aromatic heterocycles. The molecule has 0 radical (unpaired) electrons. The maximum absolute atomic E-state index is 12.0. The minimum atomic E-state index is -0.542. The van der Waals surface area contributed by atoms with Crippen molar-refractivity contribution in [2.45, 2.75) is 26.3 Å². The van der Waals surface area contributed by atoms with E-state index in [2.05, 4.69) is 15.6 Å². The number of aromatic nitrogens is 1. The first kappa shape index (κ1) is 16.2. The molecule has 0 aliphatic rings. The number of hydrogen-bond acceptors (Lipinski definition) is 4. The van der Waals surface area contributed by atoms with Crippen LogP contribution in [0.25, 0.3) is 10.6 Å². The van der Waals surface area contributed by atoms with E-state index in [1.807, 2.05) is 42.6 Å². The van der Waals surface area contributed by atoms with Crippen LogP contribution in [0.15, 0.2) is 35.7 Å². The molecule has 0 saturated carbocycles. The Labute approximate surface area is 133 Å². The summed E-state index contributed by atoms with van der Waals surface area (Å²) in [6.07, 6.45) is 0.174. The highest BCUT2D eigenvalue weighted by Gasteiger charge is 2.16. The van der Waals surface area contributed by atoms with Crippen molar-refractivity contribution in [2.24, 2.45) is 0 Å². The summed E-state index contributed by atoms with van der Waals surface area (Å²) in [4.78, 5) is 28.0. The number of hydrogen-bond donors (Lipinski definition) is 2. The zero-order valence-electron chi connectivity index (χ0n) is 12.6. The second kappa shape index (κ2) is 7.70. The maximum atomic E-state index is 12.0. The molecule has 0 saturated heterocycles. The van der Waals surface area contributed by atoms with Crippen LogP contribution in [-0.4, -0.2) is 29.4 Å². The number of amides is 2. The molecule has 0 aliphatic heterocycles. The first-order valence-electron chi connectivity index (χ1n) is 7.17. The van der Waals surface area contributed by atoms with Gasteiger partial charge in [-0.3, -0.25) is 9.59 Å². The van der Waals surface area contributed by atoms with Gasteiger partial charge in [0.2, 0.25) is 11.8 Å². The van der Waals surface area contributed by atoms with Gasteiger partial charge in [-0.1, -0.05) is 30.3 Å². The SMILES string of the molecule is CCNC(=O)C(C)NC(=O)Cc1csc(-c2ccccc2)n1. The Hall–Kier alpha value is -2.21. The molecule has 22 heavy (non-hydrogen) atoms. The van der Waals surface area contributed by atoms with E-state index in [1.165, 1.54) is 11.3 Å². The van der Waals surface area contributed by atoms with Crippen LogP contribution in [-0.2, 0) is 16.0 Å². The largest absolute Gasteiger partial charge is 0.355 e. The highest BCUT2D eigenvalue weighted by atomic mass is 32.1. The number of benzene rings is 1. The van der Waals surface area contributed by atoms with E-state index in [1.54, 1.807) is 6.92 Å². The molecule has 0 fully saturated rings. The van der Waals surface area contributed by atoms with Gasteiger partial charge in [0.25, 0.3) is 0 Å². The van der Waals surface area contributed by atoms with Gasteiger partial charge in [-0.2, -0.15) is 0 Å². The molecular formula is C16H19N3O2S. The summed E-state index contributed by atoms with van der Waals surface area (Å²) in [6, 6.07) is 9.29. The van der Waals surface area contributed by atoms with Crippen LogP contribution >= 0.6 is 11.3 Å². The molecule has 1 aromatic carbocycles. The Bertz CT molecular complexity index is 640. The fourth-order valence-corrected chi connectivity index (χ4v) is 2.78. The molecule has 2 aromatic rings. The monoisotopic (exact) mass is 317 g/mol. The highest BCUT2D eigenvalue weighted by molar-refractivity contribution is 7.13. The van der Waals surface area contributed by atoms with Gasteiger partial charge in [-0.25, -0.2) is 4.98 Å².